The number of halogens is 1. The molecule has 52 heavy (non-hydrogen) atoms. The van der Waals surface area contributed by atoms with Crippen molar-refractivity contribution in [1.29, 1.82) is 0 Å². The molecule has 2 bridgehead atoms. The van der Waals surface area contributed by atoms with Crippen LogP contribution in [0.3, 0.4) is 0 Å². The zero-order chi connectivity index (χ0) is 37.0. The van der Waals surface area contributed by atoms with E-state index in [2.05, 4.69) is 20.9 Å². The molecule has 1 fully saturated rings. The summed E-state index contributed by atoms with van der Waals surface area (Å²) in [6, 6.07) is 10.7. The number of ether oxygens (including phenoxy) is 1. The minimum atomic E-state index is -0.953. The summed E-state index contributed by atoms with van der Waals surface area (Å²) in [6.07, 6.45) is 9.29. The van der Waals surface area contributed by atoms with Crippen LogP contribution in [0.2, 0.25) is 0 Å². The summed E-state index contributed by atoms with van der Waals surface area (Å²) < 4.78 is 22.1. The molecule has 2 N–H and O–H groups in total. The second kappa shape index (κ2) is 18.6. The third-order valence-electron chi connectivity index (χ3n) is 9.78. The van der Waals surface area contributed by atoms with E-state index < -0.39 is 29.8 Å². The van der Waals surface area contributed by atoms with Gasteiger partial charge in [-0.3, -0.25) is 23.9 Å². The molecule has 12 nitrogen and oxygen atoms in total. The van der Waals surface area contributed by atoms with Crippen molar-refractivity contribution in [1.82, 2.24) is 35.4 Å². The molecule has 280 valence electrons. The number of benzene rings is 2. The number of carbonyl (C=O) groups excluding carboxylic acids is 4. The number of nitrogens with one attached hydrogen (secondary N) is 2. The lowest BCUT2D eigenvalue weighted by Gasteiger charge is -2.34. The van der Waals surface area contributed by atoms with Gasteiger partial charge in [-0.1, -0.05) is 75.1 Å². The molecule has 5 rings (SSSR count). The molecule has 3 aromatic rings. The normalized spacial score (nSPS) is 22.0. The first-order chi connectivity index (χ1) is 25.1. The predicted octanol–water partition coefficient (Wildman–Crippen LogP) is 4.67. The Morgan fingerprint density at radius 3 is 2.44 bits per heavy atom. The highest BCUT2D eigenvalue weighted by Gasteiger charge is 2.41. The van der Waals surface area contributed by atoms with Crippen LogP contribution in [0.15, 0.2) is 54.7 Å². The second-order valence-corrected chi connectivity index (χ2v) is 14.3. The van der Waals surface area contributed by atoms with Gasteiger partial charge in [0.1, 0.15) is 42.0 Å². The topological polar surface area (TPSA) is 139 Å². The molecule has 4 amide bonds. The first-order valence-corrected chi connectivity index (χ1v) is 18.6. The second-order valence-electron chi connectivity index (χ2n) is 14.3. The van der Waals surface area contributed by atoms with E-state index in [1.54, 1.807) is 22.8 Å². The fourth-order valence-corrected chi connectivity index (χ4v) is 6.95. The number of nitrogens with zero attached hydrogens (tertiary/aromatic N) is 5. The Hall–Kier alpha value is -4.81. The van der Waals surface area contributed by atoms with Crippen LogP contribution in [0.4, 0.5) is 4.39 Å². The predicted molar refractivity (Wildman–Crippen MR) is 194 cm³/mol. The smallest absolute Gasteiger partial charge is 0.255 e. The molecule has 2 aromatic carbocycles. The molecule has 3 atom stereocenters. The molecular formula is C39H52FN7O5. The van der Waals surface area contributed by atoms with Crippen LogP contribution < -0.4 is 15.4 Å². The summed E-state index contributed by atoms with van der Waals surface area (Å²) in [5.41, 5.74) is 1.53. The van der Waals surface area contributed by atoms with Crippen LogP contribution in [-0.4, -0.2) is 86.7 Å². The van der Waals surface area contributed by atoms with Crippen molar-refractivity contribution in [3.05, 3.63) is 77.4 Å². The van der Waals surface area contributed by atoms with Crippen molar-refractivity contribution in [2.24, 2.45) is 5.92 Å². The average Bonchev–Trinajstić information content (AvgIpc) is 3.81. The highest BCUT2D eigenvalue weighted by molar-refractivity contribution is 6.00. The van der Waals surface area contributed by atoms with E-state index >= 15 is 0 Å². The summed E-state index contributed by atoms with van der Waals surface area (Å²) in [6.45, 7) is 5.41. The maximum atomic E-state index is 14.4. The van der Waals surface area contributed by atoms with E-state index in [4.69, 9.17) is 4.74 Å². The van der Waals surface area contributed by atoms with Crippen LogP contribution in [0.5, 0.6) is 5.75 Å². The Labute approximate surface area is 305 Å². The van der Waals surface area contributed by atoms with Gasteiger partial charge in [-0.15, -0.1) is 5.10 Å². The average molecular weight is 718 g/mol. The summed E-state index contributed by atoms with van der Waals surface area (Å²) in [4.78, 5) is 58.9. The Bertz CT molecular complexity index is 1670. The maximum absolute atomic E-state index is 14.4. The minimum absolute atomic E-state index is 0.0165. The fraction of sp³-hybridized carbons (Fsp3) is 0.538. The first-order valence-electron chi connectivity index (χ1n) is 18.6. The lowest BCUT2D eigenvalue weighted by atomic mass is 10.0. The highest BCUT2D eigenvalue weighted by Crippen LogP contribution is 2.25. The van der Waals surface area contributed by atoms with Gasteiger partial charge in [-0.2, -0.15) is 0 Å². The molecular weight excluding hydrogens is 665 g/mol. The fourth-order valence-electron chi connectivity index (χ4n) is 6.95. The summed E-state index contributed by atoms with van der Waals surface area (Å²) in [5.74, 6) is -2.06. The Kier molecular flexibility index (Phi) is 13.8. The molecule has 0 spiro atoms. The van der Waals surface area contributed by atoms with Crippen LogP contribution in [0.25, 0.3) is 0 Å². The van der Waals surface area contributed by atoms with Gasteiger partial charge < -0.3 is 25.2 Å². The molecule has 1 saturated heterocycles. The van der Waals surface area contributed by atoms with Crippen molar-refractivity contribution >= 4 is 23.6 Å². The van der Waals surface area contributed by atoms with Gasteiger partial charge in [0.25, 0.3) is 5.91 Å². The molecule has 0 saturated carbocycles. The Balaban J connectivity index is 1.41. The van der Waals surface area contributed by atoms with Gasteiger partial charge in [0.15, 0.2) is 0 Å². The summed E-state index contributed by atoms with van der Waals surface area (Å²) in [5, 5.41) is 14.3. The van der Waals surface area contributed by atoms with Gasteiger partial charge >= 0.3 is 0 Å². The van der Waals surface area contributed by atoms with E-state index in [-0.39, 0.29) is 41.6 Å². The van der Waals surface area contributed by atoms with Crippen molar-refractivity contribution in [3.63, 3.8) is 0 Å². The van der Waals surface area contributed by atoms with Gasteiger partial charge in [0.05, 0.1) is 11.8 Å². The standard InChI is InChI=1S/C39H52FN7O5/c1-27(2)22-32-38(50)47-21-13-16-33(47)39(51)45(3)34(23-28-14-9-8-10-15-28)37(49)41-19-11-6-4-5-7-12-20-46-25-30(43-44-46)26-52-35-24-29(40)17-18-31(35)36(48)42-32/h8-10,14-15,17-18,24-25,27,32-34H,4-7,11-13,16,19-23,26H2,1-3H3,(H,41,49)(H,42,48)/t32-,33-,34+/m1/s1. The van der Waals surface area contributed by atoms with Gasteiger partial charge in [-0.05, 0) is 55.7 Å². The lowest BCUT2D eigenvalue weighted by molar-refractivity contribution is -0.147. The molecule has 2 aliphatic heterocycles. The Morgan fingerprint density at radius 1 is 0.923 bits per heavy atom. The number of fused-ring (bicyclic) bond motifs is 4. The van der Waals surface area contributed by atoms with Crippen molar-refractivity contribution in [3.8, 4) is 5.75 Å². The number of amides is 4. The number of carbonyl (C=O) groups is 4. The van der Waals surface area contributed by atoms with Crippen LogP contribution >= 0.6 is 0 Å². The summed E-state index contributed by atoms with van der Waals surface area (Å²) >= 11 is 0. The number of hydrogen-bond acceptors (Lipinski definition) is 7. The lowest BCUT2D eigenvalue weighted by Crippen LogP contribution is -2.57. The number of aromatic nitrogens is 3. The van der Waals surface area contributed by atoms with Crippen molar-refractivity contribution in [2.45, 2.75) is 109 Å². The minimum Gasteiger partial charge on any atom is -0.486 e. The van der Waals surface area contributed by atoms with E-state index in [0.29, 0.717) is 51.0 Å². The van der Waals surface area contributed by atoms with Crippen molar-refractivity contribution in [2.75, 3.05) is 20.1 Å². The zero-order valence-electron chi connectivity index (χ0n) is 30.6. The third-order valence-corrected chi connectivity index (χ3v) is 9.78. The molecule has 1 aromatic heterocycles. The molecule has 0 unspecified atom stereocenters. The SMILES string of the molecule is CC(C)C[C@H]1NC(=O)c2ccc(F)cc2OCc2cn(nn2)CCCCCCCCNC(=O)[C@H](Cc2ccccc2)N(C)C(=O)[C@H]2CCCN2C1=O. The molecule has 13 heteroatoms. The van der Waals surface area contributed by atoms with E-state index in [1.165, 1.54) is 17.0 Å². The number of aryl methyl sites for hydroxylation is 1. The third kappa shape index (κ3) is 10.4. The quantitative estimate of drug-likeness (QED) is 0.400. The molecule has 0 aliphatic carbocycles. The highest BCUT2D eigenvalue weighted by atomic mass is 19.1. The number of hydrogen-bond donors (Lipinski definition) is 2. The summed E-state index contributed by atoms with van der Waals surface area (Å²) in [7, 11) is 1.63. The van der Waals surface area contributed by atoms with Crippen LogP contribution in [-0.2, 0) is 34.0 Å². The van der Waals surface area contributed by atoms with Crippen LogP contribution in [0.1, 0.15) is 93.3 Å². The molecule has 2 aliphatic rings. The van der Waals surface area contributed by atoms with Crippen molar-refractivity contribution < 1.29 is 28.3 Å². The van der Waals surface area contributed by atoms with E-state index in [0.717, 1.165) is 50.2 Å². The first kappa shape index (κ1) is 38.4. The van der Waals surface area contributed by atoms with Gasteiger partial charge in [0, 0.05) is 39.2 Å². The van der Waals surface area contributed by atoms with E-state index in [9.17, 15) is 23.6 Å². The largest absolute Gasteiger partial charge is 0.486 e. The molecule has 0 radical (unpaired) electrons. The van der Waals surface area contributed by atoms with E-state index in [1.807, 2.05) is 44.2 Å². The monoisotopic (exact) mass is 717 g/mol. The Morgan fingerprint density at radius 2 is 1.67 bits per heavy atom. The van der Waals surface area contributed by atoms with Gasteiger partial charge in [-0.25, -0.2) is 4.39 Å². The van der Waals surface area contributed by atoms with Crippen LogP contribution in [0, 0.1) is 11.7 Å². The number of rotatable bonds is 4. The zero-order valence-corrected chi connectivity index (χ0v) is 30.6. The number of likely N-dealkylation sites (N-methyl/N-ethyl adjacent to an activating group) is 1. The molecule has 3 heterocycles. The maximum Gasteiger partial charge on any atom is 0.255 e. The van der Waals surface area contributed by atoms with Gasteiger partial charge in [0.2, 0.25) is 17.7 Å².